The van der Waals surface area contributed by atoms with Gasteiger partial charge in [0.25, 0.3) is 0 Å². The molecule has 1 N–H and O–H groups in total. The minimum absolute atomic E-state index is 0.769. The first-order valence-electron chi connectivity index (χ1n) is 6.96. The van der Waals surface area contributed by atoms with Gasteiger partial charge in [0.15, 0.2) is 0 Å². The molecule has 0 spiro atoms. The summed E-state index contributed by atoms with van der Waals surface area (Å²) in [4.78, 5) is 2.64. The van der Waals surface area contributed by atoms with Crippen molar-refractivity contribution in [3.63, 3.8) is 0 Å². The first-order chi connectivity index (χ1) is 7.88. The molecule has 1 fully saturated rings. The molecule has 2 aliphatic rings. The molecule has 1 aliphatic carbocycles. The number of nitrogens with one attached hydrogen (secondary N) is 1. The van der Waals surface area contributed by atoms with Crippen LogP contribution in [0, 0.1) is 0 Å². The third-order valence-corrected chi connectivity index (χ3v) is 4.13. The van der Waals surface area contributed by atoms with Crippen molar-refractivity contribution in [2.75, 3.05) is 26.7 Å². The zero-order chi connectivity index (χ0) is 11.2. The minimum atomic E-state index is 0.769. The lowest BCUT2D eigenvalue weighted by molar-refractivity contribution is 0.203. The van der Waals surface area contributed by atoms with E-state index in [1.807, 2.05) is 0 Å². The Morgan fingerprint density at radius 1 is 1.31 bits per heavy atom. The SMILES string of the molecule is CNC1CCN(CCC2=CCCCC2)CC1. The molecule has 0 unspecified atom stereocenters. The Balaban J connectivity index is 1.65. The summed E-state index contributed by atoms with van der Waals surface area (Å²) in [5, 5.41) is 3.39. The van der Waals surface area contributed by atoms with Crippen LogP contribution in [0.5, 0.6) is 0 Å². The van der Waals surface area contributed by atoms with Crippen LogP contribution in [0.3, 0.4) is 0 Å². The smallest absolute Gasteiger partial charge is 0.00884 e. The predicted octanol–water partition coefficient (Wildman–Crippen LogP) is 2.56. The predicted molar refractivity (Wildman–Crippen MR) is 69.7 cm³/mol. The van der Waals surface area contributed by atoms with Gasteiger partial charge in [0.2, 0.25) is 0 Å². The third kappa shape index (κ3) is 3.60. The largest absolute Gasteiger partial charge is 0.317 e. The summed E-state index contributed by atoms with van der Waals surface area (Å²) < 4.78 is 0. The van der Waals surface area contributed by atoms with Crippen LogP contribution in [0.25, 0.3) is 0 Å². The second kappa shape index (κ2) is 6.41. The second-order valence-corrected chi connectivity index (χ2v) is 5.26. The highest BCUT2D eigenvalue weighted by Crippen LogP contribution is 2.21. The van der Waals surface area contributed by atoms with Gasteiger partial charge in [0.05, 0.1) is 0 Å². The molecule has 2 heteroatoms. The molecule has 1 saturated heterocycles. The minimum Gasteiger partial charge on any atom is -0.317 e. The third-order valence-electron chi connectivity index (χ3n) is 4.13. The van der Waals surface area contributed by atoms with E-state index in [9.17, 15) is 0 Å². The molecule has 2 nitrogen and oxygen atoms in total. The maximum atomic E-state index is 3.39. The average molecular weight is 222 g/mol. The highest BCUT2D eigenvalue weighted by Gasteiger charge is 2.17. The van der Waals surface area contributed by atoms with E-state index >= 15 is 0 Å². The van der Waals surface area contributed by atoms with Crippen molar-refractivity contribution in [2.45, 2.75) is 51.0 Å². The Bertz CT molecular complexity index is 227. The molecule has 0 saturated carbocycles. The number of hydrogen-bond acceptors (Lipinski definition) is 2. The Labute approximate surface area is 100 Å². The fraction of sp³-hybridized carbons (Fsp3) is 0.857. The van der Waals surface area contributed by atoms with Gasteiger partial charge in [-0.3, -0.25) is 0 Å². The molecule has 2 rings (SSSR count). The zero-order valence-corrected chi connectivity index (χ0v) is 10.7. The van der Waals surface area contributed by atoms with Crippen molar-refractivity contribution in [1.82, 2.24) is 10.2 Å². The topological polar surface area (TPSA) is 15.3 Å². The van der Waals surface area contributed by atoms with Gasteiger partial charge in [-0.1, -0.05) is 11.6 Å². The molecule has 0 aromatic rings. The van der Waals surface area contributed by atoms with E-state index in [4.69, 9.17) is 0 Å². The summed E-state index contributed by atoms with van der Waals surface area (Å²) in [6.07, 6.45) is 12.0. The van der Waals surface area contributed by atoms with Gasteiger partial charge in [-0.15, -0.1) is 0 Å². The molecule has 0 aromatic heterocycles. The number of piperidine rings is 1. The monoisotopic (exact) mass is 222 g/mol. The lowest BCUT2D eigenvalue weighted by Crippen LogP contribution is -2.41. The molecule has 0 radical (unpaired) electrons. The Morgan fingerprint density at radius 3 is 2.75 bits per heavy atom. The molecular weight excluding hydrogens is 196 g/mol. The molecular formula is C14H26N2. The maximum absolute atomic E-state index is 3.39. The molecule has 0 bridgehead atoms. The summed E-state index contributed by atoms with van der Waals surface area (Å²) in [7, 11) is 2.09. The normalized spacial score (nSPS) is 24.4. The molecule has 1 heterocycles. The average Bonchev–Trinajstić information content (AvgIpc) is 2.38. The van der Waals surface area contributed by atoms with E-state index in [0.717, 1.165) is 6.04 Å². The van der Waals surface area contributed by atoms with E-state index < -0.39 is 0 Å². The van der Waals surface area contributed by atoms with Gasteiger partial charge in [-0.05, 0) is 65.1 Å². The van der Waals surface area contributed by atoms with Crippen LogP contribution in [0.15, 0.2) is 11.6 Å². The molecule has 1 aliphatic heterocycles. The van der Waals surface area contributed by atoms with E-state index in [0.29, 0.717) is 0 Å². The van der Waals surface area contributed by atoms with E-state index in [1.54, 1.807) is 5.57 Å². The molecule has 0 aromatic carbocycles. The lowest BCUT2D eigenvalue weighted by atomic mass is 9.96. The number of nitrogens with zero attached hydrogens (tertiary/aromatic N) is 1. The highest BCUT2D eigenvalue weighted by molar-refractivity contribution is 5.05. The van der Waals surface area contributed by atoms with Gasteiger partial charge < -0.3 is 10.2 Å². The fourth-order valence-corrected chi connectivity index (χ4v) is 2.88. The van der Waals surface area contributed by atoms with Crippen molar-refractivity contribution in [2.24, 2.45) is 0 Å². The summed E-state index contributed by atoms with van der Waals surface area (Å²) >= 11 is 0. The fourth-order valence-electron chi connectivity index (χ4n) is 2.88. The molecule has 0 atom stereocenters. The van der Waals surface area contributed by atoms with Crippen molar-refractivity contribution >= 4 is 0 Å². The number of rotatable bonds is 4. The molecule has 0 amide bonds. The summed E-state index contributed by atoms with van der Waals surface area (Å²) in [6.45, 7) is 3.87. The first-order valence-corrected chi connectivity index (χ1v) is 6.96. The van der Waals surface area contributed by atoms with Gasteiger partial charge in [-0.2, -0.15) is 0 Å². The van der Waals surface area contributed by atoms with Crippen LogP contribution in [-0.4, -0.2) is 37.6 Å². The second-order valence-electron chi connectivity index (χ2n) is 5.26. The summed E-state index contributed by atoms with van der Waals surface area (Å²) in [6, 6.07) is 0.769. The Kier molecular flexibility index (Phi) is 4.86. The lowest BCUT2D eigenvalue weighted by Gasteiger charge is -2.32. The van der Waals surface area contributed by atoms with Gasteiger partial charge in [0, 0.05) is 12.6 Å². The Morgan fingerprint density at radius 2 is 2.12 bits per heavy atom. The van der Waals surface area contributed by atoms with E-state index in [1.165, 1.54) is 64.6 Å². The standard InChI is InChI=1S/C14H26N2/c1-15-14-8-11-16(12-9-14)10-7-13-5-3-2-4-6-13/h5,14-15H,2-4,6-12H2,1H3. The Hall–Kier alpha value is -0.340. The zero-order valence-electron chi connectivity index (χ0n) is 10.7. The van der Waals surface area contributed by atoms with Gasteiger partial charge in [-0.25, -0.2) is 0 Å². The van der Waals surface area contributed by atoms with Gasteiger partial charge in [0.1, 0.15) is 0 Å². The van der Waals surface area contributed by atoms with Crippen molar-refractivity contribution in [3.8, 4) is 0 Å². The van der Waals surface area contributed by atoms with Crippen molar-refractivity contribution < 1.29 is 0 Å². The van der Waals surface area contributed by atoms with Crippen LogP contribution < -0.4 is 5.32 Å². The number of hydrogen-bond donors (Lipinski definition) is 1. The molecule has 92 valence electrons. The number of likely N-dealkylation sites (tertiary alicyclic amines) is 1. The van der Waals surface area contributed by atoms with Gasteiger partial charge >= 0.3 is 0 Å². The van der Waals surface area contributed by atoms with Crippen LogP contribution in [-0.2, 0) is 0 Å². The van der Waals surface area contributed by atoms with Crippen LogP contribution in [0.2, 0.25) is 0 Å². The van der Waals surface area contributed by atoms with E-state index in [2.05, 4.69) is 23.3 Å². The van der Waals surface area contributed by atoms with Crippen LogP contribution >= 0.6 is 0 Å². The van der Waals surface area contributed by atoms with Crippen LogP contribution in [0.4, 0.5) is 0 Å². The highest BCUT2D eigenvalue weighted by atomic mass is 15.1. The van der Waals surface area contributed by atoms with Crippen LogP contribution in [0.1, 0.15) is 44.9 Å². The molecule has 16 heavy (non-hydrogen) atoms. The maximum Gasteiger partial charge on any atom is 0.00884 e. The van der Waals surface area contributed by atoms with Crippen molar-refractivity contribution in [1.29, 1.82) is 0 Å². The summed E-state index contributed by atoms with van der Waals surface area (Å²) in [5.41, 5.74) is 1.72. The number of allylic oxidation sites excluding steroid dienone is 1. The first kappa shape index (κ1) is 12.1. The quantitative estimate of drug-likeness (QED) is 0.735. The van der Waals surface area contributed by atoms with E-state index in [-0.39, 0.29) is 0 Å². The summed E-state index contributed by atoms with van der Waals surface area (Å²) in [5.74, 6) is 0. The van der Waals surface area contributed by atoms with Crippen molar-refractivity contribution in [3.05, 3.63) is 11.6 Å².